The molecule has 0 saturated heterocycles. The van der Waals surface area contributed by atoms with Crippen LogP contribution in [0.15, 0.2) is 54.6 Å². The van der Waals surface area contributed by atoms with Gasteiger partial charge in [0.05, 0.1) is 19.2 Å². The number of H-pyrrole nitrogens is 1. The van der Waals surface area contributed by atoms with Gasteiger partial charge >= 0.3 is 6.03 Å². The van der Waals surface area contributed by atoms with Crippen molar-refractivity contribution in [3.8, 4) is 0 Å². The number of hydrogen-bond acceptors (Lipinski definition) is 2. The molecule has 1 unspecified atom stereocenters. The average molecular weight is 363 g/mol. The second kappa shape index (κ2) is 7.84. The minimum absolute atomic E-state index is 0.0314. The van der Waals surface area contributed by atoms with E-state index >= 15 is 0 Å². The summed E-state index contributed by atoms with van der Waals surface area (Å²) < 4.78 is 0. The van der Waals surface area contributed by atoms with Crippen LogP contribution in [-0.2, 0) is 19.4 Å². The van der Waals surface area contributed by atoms with E-state index in [1.807, 2.05) is 30.3 Å². The Morgan fingerprint density at radius 1 is 1.15 bits per heavy atom. The molecule has 27 heavy (non-hydrogen) atoms. The van der Waals surface area contributed by atoms with E-state index in [1.54, 1.807) is 4.90 Å². The maximum Gasteiger partial charge on any atom is 0.318 e. The number of aryl methyl sites for hydroxylation is 1. The molecular weight excluding hydrogens is 338 g/mol. The first-order valence-electron chi connectivity index (χ1n) is 9.54. The van der Waals surface area contributed by atoms with E-state index in [0.29, 0.717) is 19.5 Å². The average Bonchev–Trinajstić information content (AvgIpc) is 3.08. The third kappa shape index (κ3) is 3.69. The van der Waals surface area contributed by atoms with Crippen LogP contribution in [0.1, 0.15) is 23.2 Å². The van der Waals surface area contributed by atoms with Crippen LogP contribution in [0.2, 0.25) is 0 Å². The predicted octanol–water partition coefficient (Wildman–Crippen LogP) is 3.23. The van der Waals surface area contributed by atoms with E-state index in [-0.39, 0.29) is 18.7 Å². The molecule has 2 amide bonds. The number of rotatable bonds is 5. The summed E-state index contributed by atoms with van der Waals surface area (Å²) in [5.74, 6) is 0. The van der Waals surface area contributed by atoms with Crippen LogP contribution in [-0.4, -0.2) is 40.2 Å². The van der Waals surface area contributed by atoms with Crippen molar-refractivity contribution in [2.24, 2.45) is 0 Å². The van der Waals surface area contributed by atoms with Crippen molar-refractivity contribution in [3.63, 3.8) is 0 Å². The van der Waals surface area contributed by atoms with Crippen LogP contribution in [0.5, 0.6) is 0 Å². The lowest BCUT2D eigenvalue weighted by molar-refractivity contribution is 0.120. The number of aromatic amines is 1. The molecule has 0 fully saturated rings. The monoisotopic (exact) mass is 363 g/mol. The van der Waals surface area contributed by atoms with E-state index in [4.69, 9.17) is 0 Å². The topological polar surface area (TPSA) is 68.4 Å². The van der Waals surface area contributed by atoms with Gasteiger partial charge in [0.1, 0.15) is 0 Å². The number of aliphatic hydroxyl groups excluding tert-OH is 1. The highest BCUT2D eigenvalue weighted by Gasteiger charge is 2.31. The van der Waals surface area contributed by atoms with Crippen molar-refractivity contribution in [3.05, 3.63) is 71.4 Å². The summed E-state index contributed by atoms with van der Waals surface area (Å²) in [6.07, 6.45) is 2.51. The van der Waals surface area contributed by atoms with Gasteiger partial charge in [-0.1, -0.05) is 48.5 Å². The number of nitrogens with zero attached hydrogens (tertiary/aromatic N) is 1. The van der Waals surface area contributed by atoms with Crippen LogP contribution in [0, 0.1) is 0 Å². The first-order valence-corrected chi connectivity index (χ1v) is 9.54. The van der Waals surface area contributed by atoms with Gasteiger partial charge in [-0.2, -0.15) is 0 Å². The molecule has 2 aromatic carbocycles. The molecule has 3 N–H and O–H groups in total. The van der Waals surface area contributed by atoms with Crippen molar-refractivity contribution < 1.29 is 9.90 Å². The first kappa shape index (κ1) is 17.6. The van der Waals surface area contributed by atoms with E-state index in [0.717, 1.165) is 24.1 Å². The highest BCUT2D eigenvalue weighted by Crippen LogP contribution is 2.30. The van der Waals surface area contributed by atoms with Crippen molar-refractivity contribution in [2.75, 3.05) is 13.2 Å². The molecule has 0 spiro atoms. The van der Waals surface area contributed by atoms with Gasteiger partial charge in [0, 0.05) is 23.1 Å². The minimum Gasteiger partial charge on any atom is -0.394 e. The predicted molar refractivity (Wildman–Crippen MR) is 107 cm³/mol. The number of carbonyl (C=O) groups excluding carboxylic acids is 1. The fourth-order valence-corrected chi connectivity index (χ4v) is 3.90. The van der Waals surface area contributed by atoms with Crippen LogP contribution < -0.4 is 5.32 Å². The van der Waals surface area contributed by atoms with Gasteiger partial charge in [0.2, 0.25) is 0 Å². The highest BCUT2D eigenvalue weighted by atomic mass is 16.3. The molecule has 0 radical (unpaired) electrons. The summed E-state index contributed by atoms with van der Waals surface area (Å²) in [7, 11) is 0. The first-order chi connectivity index (χ1) is 13.3. The number of carbonyl (C=O) groups is 1. The van der Waals surface area contributed by atoms with Gasteiger partial charge in [-0.15, -0.1) is 0 Å². The van der Waals surface area contributed by atoms with Crippen LogP contribution in [0.25, 0.3) is 10.9 Å². The van der Waals surface area contributed by atoms with E-state index in [9.17, 15) is 9.90 Å². The molecule has 3 aromatic rings. The summed E-state index contributed by atoms with van der Waals surface area (Å²) in [5, 5.41) is 14.0. The Bertz CT molecular complexity index is 920. The molecule has 0 aliphatic carbocycles. The number of aromatic nitrogens is 1. The third-order valence-corrected chi connectivity index (χ3v) is 5.34. The Morgan fingerprint density at radius 2 is 1.93 bits per heavy atom. The second-order valence-electron chi connectivity index (χ2n) is 7.12. The summed E-state index contributed by atoms with van der Waals surface area (Å²) >= 11 is 0. The van der Waals surface area contributed by atoms with Crippen molar-refractivity contribution in [1.29, 1.82) is 0 Å². The van der Waals surface area contributed by atoms with Gasteiger partial charge in [-0.25, -0.2) is 4.79 Å². The molecule has 5 heteroatoms. The van der Waals surface area contributed by atoms with Gasteiger partial charge in [-0.3, -0.25) is 0 Å². The lowest BCUT2D eigenvalue weighted by atomic mass is 9.97. The molecule has 5 nitrogen and oxygen atoms in total. The highest BCUT2D eigenvalue weighted by molar-refractivity contribution is 5.85. The molecule has 1 aromatic heterocycles. The Kier molecular flexibility index (Phi) is 5.12. The number of urea groups is 1. The zero-order valence-corrected chi connectivity index (χ0v) is 15.3. The van der Waals surface area contributed by atoms with Crippen molar-refractivity contribution in [1.82, 2.24) is 15.2 Å². The quantitative estimate of drug-likeness (QED) is 0.609. The number of aliphatic hydroxyl groups is 1. The Hall–Kier alpha value is -2.79. The number of benzene rings is 2. The van der Waals surface area contributed by atoms with Crippen LogP contribution in [0.3, 0.4) is 0 Å². The molecule has 1 aliphatic rings. The lowest BCUT2D eigenvalue weighted by Gasteiger charge is -2.34. The van der Waals surface area contributed by atoms with Crippen molar-refractivity contribution in [2.45, 2.75) is 31.8 Å². The van der Waals surface area contributed by atoms with E-state index in [1.165, 1.54) is 16.5 Å². The largest absolute Gasteiger partial charge is 0.394 e. The number of amides is 2. The molecule has 1 aliphatic heterocycles. The second-order valence-corrected chi connectivity index (χ2v) is 7.12. The van der Waals surface area contributed by atoms with Crippen LogP contribution in [0.4, 0.5) is 4.79 Å². The molecule has 0 bridgehead atoms. The summed E-state index contributed by atoms with van der Waals surface area (Å²) in [6.45, 7) is 1.10. The Morgan fingerprint density at radius 3 is 2.74 bits per heavy atom. The van der Waals surface area contributed by atoms with Gasteiger partial charge < -0.3 is 20.3 Å². The number of para-hydroxylation sites is 1. The van der Waals surface area contributed by atoms with E-state index in [2.05, 4.69) is 34.6 Å². The molecule has 0 saturated carbocycles. The number of hydrogen-bond donors (Lipinski definition) is 3. The third-order valence-electron chi connectivity index (χ3n) is 5.34. The summed E-state index contributed by atoms with van der Waals surface area (Å²) in [6, 6.07) is 18.2. The minimum atomic E-state index is -0.189. The summed E-state index contributed by atoms with van der Waals surface area (Å²) in [4.78, 5) is 17.9. The van der Waals surface area contributed by atoms with Gasteiger partial charge in [0.25, 0.3) is 0 Å². The van der Waals surface area contributed by atoms with Gasteiger partial charge in [0.15, 0.2) is 0 Å². The lowest BCUT2D eigenvalue weighted by Crippen LogP contribution is -2.50. The fraction of sp³-hybridized carbons (Fsp3) is 0.318. The SMILES string of the molecule is O=C(NCCCc1ccccc1)N1Cc2[nH]c3ccccc3c2CC1CO. The van der Waals surface area contributed by atoms with Crippen molar-refractivity contribution >= 4 is 16.9 Å². The molecule has 4 rings (SSSR count). The zero-order valence-electron chi connectivity index (χ0n) is 15.3. The van der Waals surface area contributed by atoms with E-state index < -0.39 is 0 Å². The fourth-order valence-electron chi connectivity index (χ4n) is 3.90. The maximum atomic E-state index is 12.7. The number of nitrogens with one attached hydrogen (secondary N) is 2. The maximum absolute atomic E-state index is 12.7. The smallest absolute Gasteiger partial charge is 0.318 e. The number of fused-ring (bicyclic) bond motifs is 3. The molecule has 1 atom stereocenters. The normalized spacial score (nSPS) is 16.3. The Labute approximate surface area is 159 Å². The van der Waals surface area contributed by atoms with Gasteiger partial charge in [-0.05, 0) is 36.5 Å². The summed E-state index contributed by atoms with van der Waals surface area (Å²) in [5.41, 5.74) is 4.66. The van der Waals surface area contributed by atoms with Crippen LogP contribution >= 0.6 is 0 Å². The Balaban J connectivity index is 1.39. The molecular formula is C22H25N3O2. The molecule has 140 valence electrons. The standard InChI is InChI=1S/C22H25N3O2/c26-15-17-13-19-18-10-4-5-11-20(18)24-21(19)14-25(17)22(27)23-12-6-9-16-7-2-1-3-8-16/h1-5,7-8,10-11,17,24,26H,6,9,12-15H2,(H,23,27). The zero-order chi connectivity index (χ0) is 18.6. The molecule has 2 heterocycles.